The van der Waals surface area contributed by atoms with E-state index in [-0.39, 0.29) is 5.95 Å². The molecule has 0 unspecified atom stereocenters. The van der Waals surface area contributed by atoms with Gasteiger partial charge in [-0.25, -0.2) is 18.7 Å². The minimum Gasteiger partial charge on any atom is -0.324 e. The molecule has 2 aromatic heterocycles. The van der Waals surface area contributed by atoms with Gasteiger partial charge in [-0.2, -0.15) is 18.3 Å². The van der Waals surface area contributed by atoms with Crippen LogP contribution < -0.4 is 10.0 Å². The summed E-state index contributed by atoms with van der Waals surface area (Å²) in [7, 11) is 3.00. The van der Waals surface area contributed by atoms with Crippen molar-refractivity contribution in [2.45, 2.75) is 24.4 Å². The normalized spacial score (nSPS) is 11.9. The summed E-state index contributed by atoms with van der Waals surface area (Å²) >= 11 is 1.40. The number of benzene rings is 1. The number of aryl methyl sites for hydroxylation is 2. The molecule has 1 aromatic carbocycles. The first-order chi connectivity index (χ1) is 14.1. The molecule has 2 N–H and O–H groups in total. The Morgan fingerprint density at radius 3 is 2.50 bits per heavy atom. The molecule has 0 fully saturated rings. The maximum Gasteiger partial charge on any atom is 0.419 e. The van der Waals surface area contributed by atoms with Crippen LogP contribution in [0.25, 0.3) is 11.3 Å². The van der Waals surface area contributed by atoms with Crippen molar-refractivity contribution in [1.29, 1.82) is 0 Å². The van der Waals surface area contributed by atoms with Gasteiger partial charge in [0.15, 0.2) is 0 Å². The molecule has 0 aliphatic heterocycles. The van der Waals surface area contributed by atoms with Crippen molar-refractivity contribution >= 4 is 23.6 Å². The molecule has 6 nitrogen and oxygen atoms in total. The lowest BCUT2D eigenvalue weighted by atomic mass is 10.1. The quantitative estimate of drug-likeness (QED) is 0.407. The van der Waals surface area contributed by atoms with Crippen LogP contribution >= 0.6 is 11.9 Å². The van der Waals surface area contributed by atoms with E-state index in [1.54, 1.807) is 19.2 Å². The summed E-state index contributed by atoms with van der Waals surface area (Å²) < 4.78 is 71.1. The van der Waals surface area contributed by atoms with E-state index in [4.69, 9.17) is 0 Å². The van der Waals surface area contributed by atoms with Gasteiger partial charge in [-0.15, -0.1) is 0 Å². The average molecular weight is 444 g/mol. The Morgan fingerprint density at radius 2 is 1.90 bits per heavy atom. The van der Waals surface area contributed by atoms with Crippen LogP contribution in [0.2, 0.25) is 0 Å². The molecule has 0 amide bonds. The molecule has 0 saturated carbocycles. The van der Waals surface area contributed by atoms with Crippen molar-refractivity contribution in [3.05, 3.63) is 47.4 Å². The van der Waals surface area contributed by atoms with Crippen LogP contribution in [0, 0.1) is 6.92 Å². The summed E-state index contributed by atoms with van der Waals surface area (Å²) in [6, 6.07) is 5.40. The number of nitrogens with zero attached hydrogens (tertiary/aromatic N) is 4. The van der Waals surface area contributed by atoms with Crippen LogP contribution in [0.1, 0.15) is 23.2 Å². The van der Waals surface area contributed by atoms with Gasteiger partial charge in [-0.05, 0) is 49.7 Å². The second-order valence-corrected chi connectivity index (χ2v) is 7.31. The van der Waals surface area contributed by atoms with Gasteiger partial charge < -0.3 is 5.32 Å². The van der Waals surface area contributed by atoms with E-state index in [2.05, 4.69) is 25.1 Å². The minimum absolute atomic E-state index is 0.154. The first-order valence-electron chi connectivity index (χ1n) is 8.57. The molecule has 0 spiro atoms. The van der Waals surface area contributed by atoms with Gasteiger partial charge in [0.25, 0.3) is 6.43 Å². The summed E-state index contributed by atoms with van der Waals surface area (Å²) in [5, 5.41) is 6.52. The molecule has 0 radical (unpaired) electrons. The standard InChI is InChI=1S/C18H17F5N6S/c1-9-6-10(30-24-2)4-5-13(9)27-17-25-8-12(18(21,22)23)14(28-17)11-7-26-29(3)15(11)16(19)20/h4-8,16,24H,1-3H3,(H,25,27,28). The second kappa shape index (κ2) is 8.56. The molecule has 0 aliphatic carbocycles. The highest BCUT2D eigenvalue weighted by Crippen LogP contribution is 2.39. The molecule has 0 atom stereocenters. The van der Waals surface area contributed by atoms with Crippen molar-refractivity contribution in [2.24, 2.45) is 7.05 Å². The lowest BCUT2D eigenvalue weighted by Crippen LogP contribution is -2.12. The van der Waals surface area contributed by atoms with Crippen molar-refractivity contribution in [3.8, 4) is 11.3 Å². The number of nitrogens with one attached hydrogen (secondary N) is 2. The highest BCUT2D eigenvalue weighted by Gasteiger charge is 2.37. The third-order valence-corrected chi connectivity index (χ3v) is 4.90. The predicted octanol–water partition coefficient (Wildman–Crippen LogP) is 5.11. The van der Waals surface area contributed by atoms with Gasteiger partial charge in [-0.3, -0.25) is 9.40 Å². The Kier molecular flexibility index (Phi) is 6.27. The van der Waals surface area contributed by atoms with Gasteiger partial charge in [0.1, 0.15) is 11.3 Å². The Balaban J connectivity index is 2.07. The molecule has 0 saturated heterocycles. The maximum absolute atomic E-state index is 13.5. The molecular formula is C18H17F5N6S. The smallest absolute Gasteiger partial charge is 0.324 e. The van der Waals surface area contributed by atoms with E-state index in [0.29, 0.717) is 11.9 Å². The van der Waals surface area contributed by atoms with Crippen LogP contribution in [0.15, 0.2) is 35.5 Å². The first kappa shape index (κ1) is 22.0. The van der Waals surface area contributed by atoms with Crippen LogP contribution in [-0.4, -0.2) is 26.8 Å². The summed E-state index contributed by atoms with van der Waals surface area (Å²) in [5.41, 5.74) is -1.57. The number of rotatable bonds is 6. The predicted molar refractivity (Wildman–Crippen MR) is 104 cm³/mol. The summed E-state index contributed by atoms with van der Waals surface area (Å²) in [4.78, 5) is 8.58. The van der Waals surface area contributed by atoms with Crippen LogP contribution in [0.4, 0.5) is 33.6 Å². The fourth-order valence-corrected chi connectivity index (χ4v) is 3.43. The molecule has 2 heterocycles. The van der Waals surface area contributed by atoms with E-state index >= 15 is 0 Å². The number of hydrogen-bond acceptors (Lipinski definition) is 6. The second-order valence-electron chi connectivity index (χ2n) is 6.23. The zero-order valence-electron chi connectivity index (χ0n) is 16.1. The van der Waals surface area contributed by atoms with E-state index in [9.17, 15) is 22.0 Å². The fraction of sp³-hybridized carbons (Fsp3) is 0.278. The van der Waals surface area contributed by atoms with E-state index < -0.39 is 35.1 Å². The van der Waals surface area contributed by atoms with Gasteiger partial charge in [0.05, 0.1) is 11.9 Å². The number of alkyl halides is 5. The molecule has 160 valence electrons. The first-order valence-corrected chi connectivity index (χ1v) is 9.39. The third-order valence-electron chi connectivity index (χ3n) is 4.20. The Labute approximate surface area is 173 Å². The van der Waals surface area contributed by atoms with E-state index in [1.165, 1.54) is 19.0 Å². The largest absolute Gasteiger partial charge is 0.419 e. The average Bonchev–Trinajstić information content (AvgIpc) is 3.05. The zero-order chi connectivity index (χ0) is 22.1. The van der Waals surface area contributed by atoms with Crippen molar-refractivity contribution in [3.63, 3.8) is 0 Å². The van der Waals surface area contributed by atoms with Gasteiger partial charge in [0.2, 0.25) is 5.95 Å². The minimum atomic E-state index is -4.83. The van der Waals surface area contributed by atoms with E-state index in [1.807, 2.05) is 13.0 Å². The molecule has 0 aliphatic rings. The SMILES string of the molecule is CNSc1ccc(Nc2ncc(C(F)(F)F)c(-c3cnn(C)c3C(F)F)n2)c(C)c1. The fourth-order valence-electron chi connectivity index (χ4n) is 2.82. The third kappa shape index (κ3) is 4.54. The lowest BCUT2D eigenvalue weighted by Gasteiger charge is -2.15. The molecular weight excluding hydrogens is 427 g/mol. The Morgan fingerprint density at radius 1 is 1.17 bits per heavy atom. The zero-order valence-corrected chi connectivity index (χ0v) is 16.9. The molecule has 3 aromatic rings. The topological polar surface area (TPSA) is 67.7 Å². The maximum atomic E-state index is 13.5. The van der Waals surface area contributed by atoms with Crippen molar-refractivity contribution < 1.29 is 22.0 Å². The summed E-state index contributed by atoms with van der Waals surface area (Å²) in [6.07, 6.45) is -6.34. The number of anilines is 2. The summed E-state index contributed by atoms with van der Waals surface area (Å²) in [5.74, 6) is -0.154. The number of halogens is 5. The molecule has 3 rings (SSSR count). The number of aromatic nitrogens is 4. The monoisotopic (exact) mass is 444 g/mol. The van der Waals surface area contributed by atoms with Gasteiger partial charge in [0, 0.05) is 29.4 Å². The highest BCUT2D eigenvalue weighted by atomic mass is 32.2. The number of hydrogen-bond donors (Lipinski definition) is 2. The van der Waals surface area contributed by atoms with Gasteiger partial charge >= 0.3 is 6.18 Å². The summed E-state index contributed by atoms with van der Waals surface area (Å²) in [6.45, 7) is 1.81. The lowest BCUT2D eigenvalue weighted by molar-refractivity contribution is -0.137. The van der Waals surface area contributed by atoms with Crippen molar-refractivity contribution in [1.82, 2.24) is 24.5 Å². The molecule has 12 heteroatoms. The van der Waals surface area contributed by atoms with Crippen LogP contribution in [-0.2, 0) is 13.2 Å². The van der Waals surface area contributed by atoms with Crippen molar-refractivity contribution in [2.75, 3.05) is 12.4 Å². The molecule has 30 heavy (non-hydrogen) atoms. The highest BCUT2D eigenvalue weighted by molar-refractivity contribution is 7.97. The Hall–Kier alpha value is -2.73. The van der Waals surface area contributed by atoms with Crippen LogP contribution in [0.3, 0.4) is 0 Å². The van der Waals surface area contributed by atoms with E-state index in [0.717, 1.165) is 21.3 Å². The van der Waals surface area contributed by atoms with Gasteiger partial charge in [-0.1, -0.05) is 0 Å². The van der Waals surface area contributed by atoms with Crippen LogP contribution in [0.5, 0.6) is 0 Å². The molecule has 0 bridgehead atoms. The Bertz CT molecular complexity index is 1050.